The van der Waals surface area contributed by atoms with E-state index in [0.29, 0.717) is 0 Å². The summed E-state index contributed by atoms with van der Waals surface area (Å²) in [7, 11) is 0. The average Bonchev–Trinajstić information content (AvgIpc) is 2.24. The molecule has 0 radical (unpaired) electrons. The van der Waals surface area contributed by atoms with Crippen molar-refractivity contribution in [3.8, 4) is 0 Å². The van der Waals surface area contributed by atoms with Crippen molar-refractivity contribution < 1.29 is 9.53 Å². The summed E-state index contributed by atoms with van der Waals surface area (Å²) in [5.74, 6) is -0.154. The maximum Gasteiger partial charge on any atom is 0.302 e. The predicted molar refractivity (Wildman–Crippen MR) is 68.4 cm³/mol. The number of carbonyl (C=O) groups is 1. The van der Waals surface area contributed by atoms with Gasteiger partial charge in [-0.3, -0.25) is 4.79 Å². The Morgan fingerprint density at radius 3 is 2.38 bits per heavy atom. The van der Waals surface area contributed by atoms with Gasteiger partial charge >= 0.3 is 5.97 Å². The molecule has 0 bridgehead atoms. The molecule has 0 aromatic rings. The number of carbonyl (C=O) groups excluding carboxylic acids is 1. The standard InChI is InChI=1S/C14H26O2/c1-4-6-8-9-10-12-14(11-7-5-2)16-13(3)15/h8-9,14H,4-7,10-12H2,1-3H3. The summed E-state index contributed by atoms with van der Waals surface area (Å²) in [5, 5.41) is 0. The highest BCUT2D eigenvalue weighted by molar-refractivity contribution is 5.66. The molecule has 0 spiro atoms. The normalized spacial score (nSPS) is 12.9. The van der Waals surface area contributed by atoms with Crippen LogP contribution in [0, 0.1) is 0 Å². The molecule has 2 heteroatoms. The molecule has 1 unspecified atom stereocenters. The smallest absolute Gasteiger partial charge is 0.302 e. The van der Waals surface area contributed by atoms with Gasteiger partial charge in [0, 0.05) is 6.92 Å². The summed E-state index contributed by atoms with van der Waals surface area (Å²) in [6.07, 6.45) is 12.1. The van der Waals surface area contributed by atoms with E-state index in [9.17, 15) is 4.79 Å². The fourth-order valence-electron chi connectivity index (χ4n) is 1.61. The molecular formula is C14H26O2. The van der Waals surface area contributed by atoms with E-state index in [1.165, 1.54) is 13.3 Å². The summed E-state index contributed by atoms with van der Waals surface area (Å²) in [6.45, 7) is 5.82. The van der Waals surface area contributed by atoms with Crippen LogP contribution in [0.2, 0.25) is 0 Å². The van der Waals surface area contributed by atoms with Crippen molar-refractivity contribution >= 4 is 5.97 Å². The van der Waals surface area contributed by atoms with Gasteiger partial charge in [-0.2, -0.15) is 0 Å². The molecule has 94 valence electrons. The van der Waals surface area contributed by atoms with E-state index in [1.54, 1.807) is 0 Å². The Bertz CT molecular complexity index is 197. The second-order valence-electron chi connectivity index (χ2n) is 4.21. The molecule has 0 fully saturated rings. The fraction of sp³-hybridized carbons (Fsp3) is 0.786. The quantitative estimate of drug-likeness (QED) is 0.434. The highest BCUT2D eigenvalue weighted by atomic mass is 16.5. The van der Waals surface area contributed by atoms with E-state index in [2.05, 4.69) is 26.0 Å². The van der Waals surface area contributed by atoms with Crippen molar-refractivity contribution in [1.82, 2.24) is 0 Å². The first kappa shape index (κ1) is 15.2. The van der Waals surface area contributed by atoms with Crippen molar-refractivity contribution in [3.63, 3.8) is 0 Å². The zero-order valence-electron chi connectivity index (χ0n) is 11.0. The van der Waals surface area contributed by atoms with Crippen molar-refractivity contribution in [2.45, 2.75) is 71.8 Å². The maximum absolute atomic E-state index is 10.9. The Morgan fingerprint density at radius 1 is 1.12 bits per heavy atom. The third kappa shape index (κ3) is 9.75. The largest absolute Gasteiger partial charge is 0.463 e. The molecule has 0 aliphatic heterocycles. The van der Waals surface area contributed by atoms with Crippen LogP contribution in [0.1, 0.15) is 65.7 Å². The van der Waals surface area contributed by atoms with Crippen LogP contribution in [0.25, 0.3) is 0 Å². The van der Waals surface area contributed by atoms with E-state index >= 15 is 0 Å². The van der Waals surface area contributed by atoms with Crippen LogP contribution in [0.3, 0.4) is 0 Å². The Balaban J connectivity index is 3.76. The molecule has 0 heterocycles. The molecule has 0 rings (SSSR count). The minimum atomic E-state index is -0.154. The fourth-order valence-corrected chi connectivity index (χ4v) is 1.61. The van der Waals surface area contributed by atoms with Gasteiger partial charge in [-0.1, -0.05) is 45.3 Å². The minimum Gasteiger partial charge on any atom is -0.463 e. The third-order valence-corrected chi connectivity index (χ3v) is 2.49. The van der Waals surface area contributed by atoms with Crippen molar-refractivity contribution in [2.75, 3.05) is 0 Å². The van der Waals surface area contributed by atoms with E-state index in [1.807, 2.05) is 0 Å². The van der Waals surface area contributed by atoms with Gasteiger partial charge in [-0.05, 0) is 25.7 Å². The van der Waals surface area contributed by atoms with Crippen LogP contribution in [0.5, 0.6) is 0 Å². The lowest BCUT2D eigenvalue weighted by atomic mass is 10.1. The molecule has 0 saturated carbocycles. The molecule has 0 aromatic carbocycles. The molecule has 0 saturated heterocycles. The van der Waals surface area contributed by atoms with Gasteiger partial charge in [0.15, 0.2) is 0 Å². The number of hydrogen-bond acceptors (Lipinski definition) is 2. The molecule has 0 aliphatic rings. The number of ether oxygens (including phenoxy) is 1. The molecule has 16 heavy (non-hydrogen) atoms. The number of rotatable bonds is 9. The monoisotopic (exact) mass is 226 g/mol. The third-order valence-electron chi connectivity index (χ3n) is 2.49. The highest BCUT2D eigenvalue weighted by Gasteiger charge is 2.09. The van der Waals surface area contributed by atoms with E-state index in [-0.39, 0.29) is 12.1 Å². The van der Waals surface area contributed by atoms with Crippen LogP contribution in [0.4, 0.5) is 0 Å². The van der Waals surface area contributed by atoms with E-state index < -0.39 is 0 Å². The van der Waals surface area contributed by atoms with Gasteiger partial charge in [0.05, 0.1) is 0 Å². The van der Waals surface area contributed by atoms with Gasteiger partial charge in [0.2, 0.25) is 0 Å². The van der Waals surface area contributed by atoms with Crippen LogP contribution >= 0.6 is 0 Å². The van der Waals surface area contributed by atoms with Gasteiger partial charge in [-0.25, -0.2) is 0 Å². The summed E-state index contributed by atoms with van der Waals surface area (Å²) in [4.78, 5) is 10.9. The Labute approximate surface area is 100 Å². The number of unbranched alkanes of at least 4 members (excludes halogenated alkanes) is 2. The van der Waals surface area contributed by atoms with Crippen molar-refractivity contribution in [3.05, 3.63) is 12.2 Å². The van der Waals surface area contributed by atoms with E-state index in [0.717, 1.165) is 38.5 Å². The van der Waals surface area contributed by atoms with Gasteiger partial charge in [0.25, 0.3) is 0 Å². The lowest BCUT2D eigenvalue weighted by molar-refractivity contribution is -0.146. The molecular weight excluding hydrogens is 200 g/mol. The second kappa shape index (κ2) is 10.7. The molecule has 0 N–H and O–H groups in total. The van der Waals surface area contributed by atoms with Crippen LogP contribution in [0.15, 0.2) is 12.2 Å². The molecule has 0 amide bonds. The zero-order chi connectivity index (χ0) is 12.2. The first-order valence-electron chi connectivity index (χ1n) is 6.52. The maximum atomic E-state index is 10.9. The zero-order valence-corrected chi connectivity index (χ0v) is 11.0. The number of esters is 1. The molecule has 2 nitrogen and oxygen atoms in total. The first-order chi connectivity index (χ1) is 7.70. The van der Waals surface area contributed by atoms with Crippen LogP contribution in [-0.4, -0.2) is 12.1 Å². The van der Waals surface area contributed by atoms with Gasteiger partial charge < -0.3 is 4.74 Å². The van der Waals surface area contributed by atoms with Gasteiger partial charge in [-0.15, -0.1) is 0 Å². The number of hydrogen-bond donors (Lipinski definition) is 0. The van der Waals surface area contributed by atoms with Gasteiger partial charge in [0.1, 0.15) is 6.10 Å². The summed E-state index contributed by atoms with van der Waals surface area (Å²) in [5.41, 5.74) is 0. The van der Waals surface area contributed by atoms with Crippen LogP contribution in [-0.2, 0) is 9.53 Å². The summed E-state index contributed by atoms with van der Waals surface area (Å²) in [6, 6.07) is 0. The summed E-state index contributed by atoms with van der Waals surface area (Å²) < 4.78 is 5.29. The lowest BCUT2D eigenvalue weighted by Gasteiger charge is -2.15. The Hall–Kier alpha value is -0.790. The lowest BCUT2D eigenvalue weighted by Crippen LogP contribution is -2.15. The minimum absolute atomic E-state index is 0.115. The van der Waals surface area contributed by atoms with E-state index in [4.69, 9.17) is 4.74 Å². The Kier molecular flexibility index (Phi) is 10.2. The van der Waals surface area contributed by atoms with Crippen LogP contribution < -0.4 is 0 Å². The molecule has 1 atom stereocenters. The van der Waals surface area contributed by atoms with Crippen molar-refractivity contribution in [2.24, 2.45) is 0 Å². The SMILES string of the molecule is CCCC=CCCC(CCCC)OC(C)=O. The Morgan fingerprint density at radius 2 is 1.81 bits per heavy atom. The second-order valence-corrected chi connectivity index (χ2v) is 4.21. The molecule has 0 aliphatic carbocycles. The highest BCUT2D eigenvalue weighted by Crippen LogP contribution is 2.12. The van der Waals surface area contributed by atoms with Crippen molar-refractivity contribution in [1.29, 1.82) is 0 Å². The predicted octanol–water partition coefficient (Wildman–Crippen LogP) is 4.24. The topological polar surface area (TPSA) is 26.3 Å². The average molecular weight is 226 g/mol. The molecule has 0 aromatic heterocycles. The summed E-state index contributed by atoms with van der Waals surface area (Å²) >= 11 is 0. The number of allylic oxidation sites excluding steroid dienone is 2. The first-order valence-corrected chi connectivity index (χ1v) is 6.52.